The van der Waals surface area contributed by atoms with E-state index in [0.29, 0.717) is 0 Å². The molecule has 0 aromatic rings. The third kappa shape index (κ3) is 2.97. The Kier molecular flexibility index (Phi) is 4.18. The average molecular weight is 187 g/mol. The van der Waals surface area contributed by atoms with Crippen LogP contribution >= 0.6 is 0 Å². The Labute approximate surface area is 78.3 Å². The molecule has 1 aliphatic rings. The highest BCUT2D eigenvalue weighted by Crippen LogP contribution is 2.24. The lowest BCUT2D eigenvalue weighted by Gasteiger charge is -2.18. The summed E-state index contributed by atoms with van der Waals surface area (Å²) < 4.78 is 4.71. The summed E-state index contributed by atoms with van der Waals surface area (Å²) in [5.41, 5.74) is 0. The minimum atomic E-state index is -0.0900. The maximum Gasteiger partial charge on any atom is 0.246 e. The fourth-order valence-corrected chi connectivity index (χ4v) is 1.82. The summed E-state index contributed by atoms with van der Waals surface area (Å²) in [6.07, 6.45) is 3.07. The predicted molar refractivity (Wildman–Crippen MR) is 48.2 cm³/mol. The fourth-order valence-electron chi connectivity index (χ4n) is 1.82. The number of aliphatic hydroxyl groups excluding tert-OH is 1. The number of nitrogens with one attached hydrogen (secondary N) is 1. The van der Waals surface area contributed by atoms with Crippen molar-refractivity contribution in [1.82, 2.24) is 5.32 Å². The Morgan fingerprint density at radius 1 is 1.62 bits per heavy atom. The Morgan fingerprint density at radius 2 is 2.38 bits per heavy atom. The van der Waals surface area contributed by atoms with Crippen molar-refractivity contribution in [2.24, 2.45) is 5.92 Å². The number of aliphatic hydroxyl groups is 1. The minimum absolute atomic E-state index is 0.0900. The third-order valence-electron chi connectivity index (χ3n) is 2.52. The molecule has 2 unspecified atom stereocenters. The van der Waals surface area contributed by atoms with E-state index in [1.54, 1.807) is 0 Å². The zero-order valence-electron chi connectivity index (χ0n) is 7.95. The Hall–Kier alpha value is -0.610. The molecule has 0 heterocycles. The second kappa shape index (κ2) is 5.19. The molecule has 2 atom stereocenters. The molecule has 0 radical (unpaired) electrons. The van der Waals surface area contributed by atoms with Gasteiger partial charge in [-0.1, -0.05) is 6.42 Å². The molecule has 1 fully saturated rings. The second-order valence-electron chi connectivity index (χ2n) is 3.48. The topological polar surface area (TPSA) is 58.6 Å². The quantitative estimate of drug-likeness (QED) is 0.646. The van der Waals surface area contributed by atoms with Gasteiger partial charge in [0, 0.05) is 25.7 Å². The van der Waals surface area contributed by atoms with E-state index < -0.39 is 0 Å². The van der Waals surface area contributed by atoms with E-state index in [2.05, 4.69) is 5.32 Å². The number of hydrogen-bond donors (Lipinski definition) is 2. The van der Waals surface area contributed by atoms with Gasteiger partial charge in [-0.3, -0.25) is 4.79 Å². The van der Waals surface area contributed by atoms with E-state index in [-0.39, 0.29) is 31.1 Å². The Morgan fingerprint density at radius 3 is 3.00 bits per heavy atom. The van der Waals surface area contributed by atoms with E-state index in [9.17, 15) is 4.79 Å². The first kappa shape index (κ1) is 10.5. The van der Waals surface area contributed by atoms with Crippen LogP contribution in [-0.2, 0) is 9.53 Å². The SMILES string of the molecule is COCC(=O)NC1CCCC1CO. The van der Waals surface area contributed by atoms with Gasteiger partial charge in [-0.2, -0.15) is 0 Å². The summed E-state index contributed by atoms with van der Waals surface area (Å²) in [5, 5.41) is 11.9. The summed E-state index contributed by atoms with van der Waals surface area (Å²) in [6, 6.07) is 0.146. The first-order chi connectivity index (χ1) is 6.27. The van der Waals surface area contributed by atoms with Gasteiger partial charge in [0.2, 0.25) is 5.91 Å². The molecular formula is C9H17NO3. The average Bonchev–Trinajstić information content (AvgIpc) is 2.52. The van der Waals surface area contributed by atoms with Crippen molar-refractivity contribution in [3.63, 3.8) is 0 Å². The smallest absolute Gasteiger partial charge is 0.246 e. The highest BCUT2D eigenvalue weighted by atomic mass is 16.5. The summed E-state index contributed by atoms with van der Waals surface area (Å²) in [7, 11) is 1.50. The van der Waals surface area contributed by atoms with Crippen LogP contribution in [0.5, 0.6) is 0 Å². The number of ether oxygens (including phenoxy) is 1. The summed E-state index contributed by atoms with van der Waals surface area (Å²) in [4.78, 5) is 11.1. The van der Waals surface area contributed by atoms with Crippen LogP contribution < -0.4 is 5.32 Å². The first-order valence-corrected chi connectivity index (χ1v) is 4.67. The van der Waals surface area contributed by atoms with E-state index in [0.717, 1.165) is 19.3 Å². The lowest BCUT2D eigenvalue weighted by molar-refractivity contribution is -0.125. The molecule has 13 heavy (non-hydrogen) atoms. The van der Waals surface area contributed by atoms with Gasteiger partial charge in [0.05, 0.1) is 0 Å². The largest absolute Gasteiger partial charge is 0.396 e. The van der Waals surface area contributed by atoms with E-state index in [4.69, 9.17) is 9.84 Å². The zero-order valence-corrected chi connectivity index (χ0v) is 7.95. The fraction of sp³-hybridized carbons (Fsp3) is 0.889. The van der Waals surface area contributed by atoms with Gasteiger partial charge < -0.3 is 15.2 Å². The molecule has 76 valence electrons. The lowest BCUT2D eigenvalue weighted by Crippen LogP contribution is -2.40. The molecule has 2 N–H and O–H groups in total. The van der Waals surface area contributed by atoms with Crippen molar-refractivity contribution in [1.29, 1.82) is 0 Å². The van der Waals surface area contributed by atoms with Crippen molar-refractivity contribution in [3.8, 4) is 0 Å². The van der Waals surface area contributed by atoms with Gasteiger partial charge in [-0.05, 0) is 12.8 Å². The van der Waals surface area contributed by atoms with Crippen LogP contribution in [0.3, 0.4) is 0 Å². The van der Waals surface area contributed by atoms with E-state index in [1.807, 2.05) is 0 Å². The number of hydrogen-bond acceptors (Lipinski definition) is 3. The highest BCUT2D eigenvalue weighted by Gasteiger charge is 2.27. The molecule has 1 amide bonds. The molecule has 1 aliphatic carbocycles. The van der Waals surface area contributed by atoms with Crippen molar-refractivity contribution in [2.45, 2.75) is 25.3 Å². The van der Waals surface area contributed by atoms with Gasteiger partial charge in [0.15, 0.2) is 0 Å². The molecule has 4 nitrogen and oxygen atoms in total. The minimum Gasteiger partial charge on any atom is -0.396 e. The van der Waals surface area contributed by atoms with Crippen LogP contribution in [0.4, 0.5) is 0 Å². The Balaban J connectivity index is 2.30. The molecule has 0 bridgehead atoms. The maximum absolute atomic E-state index is 11.1. The molecule has 1 saturated carbocycles. The molecule has 0 aliphatic heterocycles. The Bertz CT molecular complexity index is 172. The summed E-state index contributed by atoms with van der Waals surface area (Å²) >= 11 is 0. The van der Waals surface area contributed by atoms with E-state index in [1.165, 1.54) is 7.11 Å². The summed E-state index contributed by atoms with van der Waals surface area (Å²) in [6.45, 7) is 0.270. The van der Waals surface area contributed by atoms with Crippen LogP contribution in [0.15, 0.2) is 0 Å². The molecule has 0 aromatic carbocycles. The number of amides is 1. The molecule has 1 rings (SSSR count). The van der Waals surface area contributed by atoms with Crippen LogP contribution in [-0.4, -0.2) is 37.4 Å². The van der Waals surface area contributed by atoms with Crippen molar-refractivity contribution in [2.75, 3.05) is 20.3 Å². The number of carbonyl (C=O) groups excluding carboxylic acids is 1. The van der Waals surface area contributed by atoms with Crippen molar-refractivity contribution >= 4 is 5.91 Å². The lowest BCUT2D eigenvalue weighted by atomic mass is 10.1. The van der Waals surface area contributed by atoms with Crippen LogP contribution in [0.2, 0.25) is 0 Å². The third-order valence-corrected chi connectivity index (χ3v) is 2.52. The van der Waals surface area contributed by atoms with Crippen molar-refractivity contribution < 1.29 is 14.6 Å². The predicted octanol–water partition coefficient (Wildman–Crippen LogP) is -0.0900. The first-order valence-electron chi connectivity index (χ1n) is 4.67. The summed E-state index contributed by atoms with van der Waals surface area (Å²) in [5.74, 6) is 0.147. The number of carbonyl (C=O) groups is 1. The van der Waals surface area contributed by atoms with Gasteiger partial charge in [-0.15, -0.1) is 0 Å². The van der Waals surface area contributed by atoms with Crippen LogP contribution in [0.25, 0.3) is 0 Å². The maximum atomic E-state index is 11.1. The van der Waals surface area contributed by atoms with Crippen molar-refractivity contribution in [3.05, 3.63) is 0 Å². The molecular weight excluding hydrogens is 170 g/mol. The van der Waals surface area contributed by atoms with Gasteiger partial charge in [0.25, 0.3) is 0 Å². The number of rotatable bonds is 4. The van der Waals surface area contributed by atoms with Gasteiger partial charge in [-0.25, -0.2) is 0 Å². The standard InChI is InChI=1S/C9H17NO3/c1-13-6-9(12)10-8-4-2-3-7(8)5-11/h7-8,11H,2-6H2,1H3,(H,10,12). The second-order valence-corrected chi connectivity index (χ2v) is 3.48. The highest BCUT2D eigenvalue weighted by molar-refractivity contribution is 5.77. The van der Waals surface area contributed by atoms with E-state index >= 15 is 0 Å². The molecule has 0 aromatic heterocycles. The van der Waals surface area contributed by atoms with Gasteiger partial charge >= 0.3 is 0 Å². The monoisotopic (exact) mass is 187 g/mol. The van der Waals surface area contributed by atoms with Crippen LogP contribution in [0, 0.1) is 5.92 Å². The van der Waals surface area contributed by atoms with Crippen LogP contribution in [0.1, 0.15) is 19.3 Å². The molecule has 0 spiro atoms. The molecule has 0 saturated heterocycles. The normalized spacial score (nSPS) is 27.5. The number of methoxy groups -OCH3 is 1. The molecule has 4 heteroatoms. The zero-order chi connectivity index (χ0) is 9.68. The van der Waals surface area contributed by atoms with Gasteiger partial charge in [0.1, 0.15) is 6.61 Å².